The lowest BCUT2D eigenvalue weighted by Crippen LogP contribution is -2.42. The van der Waals surface area contributed by atoms with Crippen LogP contribution in [0.15, 0.2) is 23.1 Å². The first-order valence-electron chi connectivity index (χ1n) is 8.07. The summed E-state index contributed by atoms with van der Waals surface area (Å²) in [5.41, 5.74) is -0.417. The van der Waals surface area contributed by atoms with Crippen molar-refractivity contribution in [3.63, 3.8) is 0 Å². The number of hydrogen-bond donors (Lipinski definition) is 3. The van der Waals surface area contributed by atoms with Gasteiger partial charge >= 0.3 is 0 Å². The van der Waals surface area contributed by atoms with Crippen LogP contribution in [-0.4, -0.2) is 42.2 Å². The number of piperidine rings is 1. The van der Waals surface area contributed by atoms with E-state index in [4.69, 9.17) is 0 Å². The lowest BCUT2D eigenvalue weighted by Gasteiger charge is -2.34. The first-order chi connectivity index (χ1) is 11.6. The van der Waals surface area contributed by atoms with Gasteiger partial charge in [0.1, 0.15) is 5.82 Å². The molecule has 0 spiro atoms. The number of sulfonamides is 2. The first-order valence-corrected chi connectivity index (χ1v) is 11.2. The predicted molar refractivity (Wildman–Crippen MR) is 94.9 cm³/mol. The Morgan fingerprint density at radius 3 is 2.40 bits per heavy atom. The molecular formula is C15H24FN3O4S2. The van der Waals surface area contributed by atoms with E-state index in [1.807, 2.05) is 6.92 Å². The lowest BCUT2D eigenvalue weighted by molar-refractivity contribution is 0.232. The van der Waals surface area contributed by atoms with Crippen molar-refractivity contribution < 1.29 is 21.2 Å². The molecule has 0 atom stereocenters. The van der Waals surface area contributed by atoms with Crippen molar-refractivity contribution in [2.24, 2.45) is 5.41 Å². The predicted octanol–water partition coefficient (Wildman–Crippen LogP) is 1.26. The summed E-state index contributed by atoms with van der Waals surface area (Å²) in [7, 11) is -7.51. The Bertz CT molecular complexity index is 819. The van der Waals surface area contributed by atoms with Crippen LogP contribution in [0.1, 0.15) is 26.7 Å². The summed E-state index contributed by atoms with van der Waals surface area (Å²) in [4.78, 5) is -0.234. The maximum atomic E-state index is 14.1. The molecule has 0 radical (unpaired) electrons. The van der Waals surface area contributed by atoms with E-state index >= 15 is 0 Å². The molecule has 1 aliphatic heterocycles. The molecule has 0 saturated carbocycles. The Hall–Kier alpha value is -1.23. The van der Waals surface area contributed by atoms with Gasteiger partial charge in [-0.05, 0) is 56.5 Å². The Labute approximate surface area is 148 Å². The molecule has 1 saturated heterocycles. The second kappa shape index (κ2) is 7.56. The molecule has 2 rings (SSSR count). The number of nitrogens with one attached hydrogen (secondary N) is 3. The van der Waals surface area contributed by atoms with Crippen molar-refractivity contribution in [3.05, 3.63) is 24.0 Å². The molecule has 1 aromatic rings. The molecule has 1 heterocycles. The van der Waals surface area contributed by atoms with Crippen LogP contribution < -0.4 is 14.8 Å². The first kappa shape index (κ1) is 20.1. The molecule has 0 amide bonds. The number of rotatable bonds is 7. The molecule has 3 N–H and O–H groups in total. The van der Waals surface area contributed by atoms with Crippen molar-refractivity contribution in [2.75, 3.05) is 30.1 Å². The molecule has 1 aromatic carbocycles. The highest BCUT2D eigenvalue weighted by molar-refractivity contribution is 7.92. The molecule has 0 aromatic heterocycles. The van der Waals surface area contributed by atoms with E-state index in [-0.39, 0.29) is 28.3 Å². The summed E-state index contributed by atoms with van der Waals surface area (Å²) in [5, 5.41) is 3.22. The third-order valence-electron chi connectivity index (χ3n) is 4.40. The Balaban J connectivity index is 2.13. The average molecular weight is 394 g/mol. The quantitative estimate of drug-likeness (QED) is 0.647. The number of anilines is 1. The summed E-state index contributed by atoms with van der Waals surface area (Å²) in [5.74, 6) is -1.14. The van der Waals surface area contributed by atoms with E-state index < -0.39 is 25.9 Å². The summed E-state index contributed by atoms with van der Waals surface area (Å²) >= 11 is 0. The monoisotopic (exact) mass is 393 g/mol. The fourth-order valence-electron chi connectivity index (χ4n) is 2.55. The van der Waals surface area contributed by atoms with Gasteiger partial charge in [0, 0.05) is 6.54 Å². The van der Waals surface area contributed by atoms with Crippen molar-refractivity contribution in [3.8, 4) is 0 Å². The van der Waals surface area contributed by atoms with Gasteiger partial charge in [-0.2, -0.15) is 0 Å². The summed E-state index contributed by atoms with van der Waals surface area (Å²) in [6, 6.07) is 3.12. The number of halogens is 1. The fraction of sp³-hybridized carbons (Fsp3) is 0.600. The third-order valence-corrected chi connectivity index (χ3v) is 7.09. The van der Waals surface area contributed by atoms with E-state index in [1.165, 1.54) is 13.0 Å². The van der Waals surface area contributed by atoms with Gasteiger partial charge in [0.25, 0.3) is 0 Å². The van der Waals surface area contributed by atoms with Crippen LogP contribution in [0.2, 0.25) is 0 Å². The van der Waals surface area contributed by atoms with Crippen molar-refractivity contribution >= 4 is 25.7 Å². The molecule has 142 valence electrons. The van der Waals surface area contributed by atoms with Gasteiger partial charge in [0.15, 0.2) is 0 Å². The maximum Gasteiger partial charge on any atom is 0.240 e. The summed E-state index contributed by atoms with van der Waals surface area (Å²) in [6.45, 7) is 5.37. The van der Waals surface area contributed by atoms with Crippen LogP contribution in [0, 0.1) is 11.2 Å². The van der Waals surface area contributed by atoms with E-state index in [9.17, 15) is 21.2 Å². The minimum absolute atomic E-state index is 0.145. The highest BCUT2D eigenvalue weighted by atomic mass is 32.2. The standard InChI is InChI=1S/C15H24FN3O4S2/c1-3-24(20,21)19-14-5-4-12(10-13(14)16)25(22,23)18-11-15(2)6-8-17-9-7-15/h4-5,10,17-19H,3,6-9,11H2,1-2H3. The van der Waals surface area contributed by atoms with Gasteiger partial charge in [-0.1, -0.05) is 6.92 Å². The fourth-order valence-corrected chi connectivity index (χ4v) is 4.40. The molecule has 0 aliphatic carbocycles. The summed E-state index contributed by atoms with van der Waals surface area (Å²) in [6.07, 6.45) is 1.70. The van der Waals surface area contributed by atoms with Crippen LogP contribution in [0.3, 0.4) is 0 Å². The van der Waals surface area contributed by atoms with Gasteiger partial charge in [-0.3, -0.25) is 4.72 Å². The molecule has 7 nitrogen and oxygen atoms in total. The SMILES string of the molecule is CCS(=O)(=O)Nc1ccc(S(=O)(=O)NCC2(C)CCNCC2)cc1F. The Morgan fingerprint density at radius 2 is 1.84 bits per heavy atom. The number of hydrogen-bond acceptors (Lipinski definition) is 5. The van der Waals surface area contributed by atoms with E-state index in [0.29, 0.717) is 0 Å². The smallest absolute Gasteiger partial charge is 0.240 e. The molecular weight excluding hydrogens is 369 g/mol. The van der Waals surface area contributed by atoms with Gasteiger partial charge in [0.05, 0.1) is 16.3 Å². The zero-order valence-electron chi connectivity index (χ0n) is 14.3. The van der Waals surface area contributed by atoms with Crippen LogP contribution in [0.5, 0.6) is 0 Å². The molecule has 10 heteroatoms. The highest BCUT2D eigenvalue weighted by Gasteiger charge is 2.29. The van der Waals surface area contributed by atoms with Gasteiger partial charge < -0.3 is 5.32 Å². The maximum absolute atomic E-state index is 14.1. The van der Waals surface area contributed by atoms with Gasteiger partial charge in [0.2, 0.25) is 20.0 Å². The molecule has 1 fully saturated rings. The Morgan fingerprint density at radius 1 is 1.20 bits per heavy atom. The van der Waals surface area contributed by atoms with Gasteiger partial charge in [-0.25, -0.2) is 25.9 Å². The third kappa shape index (κ3) is 5.37. The van der Waals surface area contributed by atoms with Crippen LogP contribution in [0.25, 0.3) is 0 Å². The normalized spacial score (nSPS) is 18.0. The topological polar surface area (TPSA) is 104 Å². The summed E-state index contributed by atoms with van der Waals surface area (Å²) < 4.78 is 66.5. The minimum atomic E-state index is -3.87. The van der Waals surface area contributed by atoms with Crippen molar-refractivity contribution in [2.45, 2.75) is 31.6 Å². The molecule has 0 bridgehead atoms. The van der Waals surface area contributed by atoms with Crippen molar-refractivity contribution in [1.29, 1.82) is 0 Å². The second-order valence-corrected chi connectivity index (χ2v) is 10.3. The zero-order valence-corrected chi connectivity index (χ0v) is 15.9. The molecule has 0 unspecified atom stereocenters. The average Bonchev–Trinajstić information content (AvgIpc) is 2.56. The van der Waals surface area contributed by atoms with Crippen LogP contribution in [-0.2, 0) is 20.0 Å². The Kier molecular flexibility index (Phi) is 6.08. The van der Waals surface area contributed by atoms with E-state index in [2.05, 4.69) is 14.8 Å². The largest absolute Gasteiger partial charge is 0.317 e. The van der Waals surface area contributed by atoms with Crippen LogP contribution in [0.4, 0.5) is 10.1 Å². The van der Waals surface area contributed by atoms with Crippen molar-refractivity contribution in [1.82, 2.24) is 10.0 Å². The van der Waals surface area contributed by atoms with E-state index in [1.54, 1.807) is 0 Å². The second-order valence-electron chi connectivity index (χ2n) is 6.53. The molecule has 1 aliphatic rings. The lowest BCUT2D eigenvalue weighted by atomic mass is 9.81. The minimum Gasteiger partial charge on any atom is -0.317 e. The highest BCUT2D eigenvalue weighted by Crippen LogP contribution is 2.27. The number of benzene rings is 1. The van der Waals surface area contributed by atoms with Crippen LogP contribution >= 0.6 is 0 Å². The van der Waals surface area contributed by atoms with Gasteiger partial charge in [-0.15, -0.1) is 0 Å². The molecule has 25 heavy (non-hydrogen) atoms. The zero-order chi connectivity index (χ0) is 18.7. The van der Waals surface area contributed by atoms with E-state index in [0.717, 1.165) is 38.1 Å².